The summed E-state index contributed by atoms with van der Waals surface area (Å²) in [6.45, 7) is 3.88. The van der Waals surface area contributed by atoms with E-state index in [0.717, 1.165) is 30.8 Å². The van der Waals surface area contributed by atoms with E-state index in [1.165, 1.54) is 12.0 Å². The minimum atomic E-state index is -0.0211. The van der Waals surface area contributed by atoms with Crippen molar-refractivity contribution in [3.05, 3.63) is 47.0 Å². The van der Waals surface area contributed by atoms with Crippen molar-refractivity contribution in [3.63, 3.8) is 0 Å². The van der Waals surface area contributed by atoms with Crippen LogP contribution in [0.5, 0.6) is 0 Å². The van der Waals surface area contributed by atoms with Gasteiger partial charge >= 0.3 is 6.03 Å². The molecule has 3 rings (SSSR count). The zero-order valence-corrected chi connectivity index (χ0v) is 13.6. The van der Waals surface area contributed by atoms with Gasteiger partial charge in [-0.05, 0) is 24.3 Å². The highest BCUT2D eigenvalue weighted by molar-refractivity contribution is 7.15. The van der Waals surface area contributed by atoms with Gasteiger partial charge in [0.05, 0.1) is 0 Å². The molecule has 5 heteroatoms. The Morgan fingerprint density at radius 3 is 3.00 bits per heavy atom. The van der Waals surface area contributed by atoms with Gasteiger partial charge in [0.1, 0.15) is 0 Å². The maximum Gasteiger partial charge on any atom is 0.323 e. The normalized spacial score (nSPS) is 18.2. The first-order valence-electron chi connectivity index (χ1n) is 7.75. The number of urea groups is 1. The summed E-state index contributed by atoms with van der Waals surface area (Å²) in [7, 11) is 0. The number of hydrogen-bond acceptors (Lipinski definition) is 3. The van der Waals surface area contributed by atoms with E-state index in [1.54, 1.807) is 11.3 Å². The summed E-state index contributed by atoms with van der Waals surface area (Å²) in [6.07, 6.45) is 5.01. The fourth-order valence-corrected chi connectivity index (χ4v) is 3.62. The van der Waals surface area contributed by atoms with E-state index in [0.29, 0.717) is 11.0 Å². The highest BCUT2D eigenvalue weighted by Gasteiger charge is 2.21. The molecule has 1 fully saturated rings. The second-order valence-corrected chi connectivity index (χ2v) is 7.03. The summed E-state index contributed by atoms with van der Waals surface area (Å²) in [4.78, 5) is 19.6. The highest BCUT2D eigenvalue weighted by atomic mass is 32.1. The molecule has 4 nitrogen and oxygen atoms in total. The first kappa shape index (κ1) is 15.0. The van der Waals surface area contributed by atoms with E-state index in [4.69, 9.17) is 0 Å². The standard InChI is InChI=1S/C17H21N3OS/c1-13-6-5-9-20(12-13)17(21)19-16-18-11-15(22-16)10-14-7-3-2-4-8-14/h2-4,7-8,11,13H,5-6,9-10,12H2,1H3,(H,18,19,21)/t13-/m1/s1. The summed E-state index contributed by atoms with van der Waals surface area (Å²) in [6, 6.07) is 10.3. The molecule has 1 aromatic carbocycles. The molecule has 2 amide bonds. The summed E-state index contributed by atoms with van der Waals surface area (Å²) >= 11 is 1.55. The molecule has 2 heterocycles. The van der Waals surface area contributed by atoms with Crippen molar-refractivity contribution < 1.29 is 4.79 Å². The third-order valence-corrected chi connectivity index (χ3v) is 4.85. The number of amides is 2. The Kier molecular flexibility index (Phi) is 4.73. The van der Waals surface area contributed by atoms with Gasteiger partial charge in [0.15, 0.2) is 5.13 Å². The average Bonchev–Trinajstić information content (AvgIpc) is 2.95. The second-order valence-electron chi connectivity index (χ2n) is 5.92. The van der Waals surface area contributed by atoms with Gasteiger partial charge in [-0.25, -0.2) is 9.78 Å². The molecule has 22 heavy (non-hydrogen) atoms. The van der Waals surface area contributed by atoms with Crippen molar-refractivity contribution in [1.29, 1.82) is 0 Å². The Morgan fingerprint density at radius 2 is 2.23 bits per heavy atom. The Morgan fingerprint density at radius 1 is 1.41 bits per heavy atom. The molecule has 1 aliphatic rings. The molecule has 0 spiro atoms. The van der Waals surface area contributed by atoms with E-state index in [1.807, 2.05) is 29.3 Å². The van der Waals surface area contributed by atoms with Crippen LogP contribution in [0.25, 0.3) is 0 Å². The third-order valence-electron chi connectivity index (χ3n) is 3.93. The molecule has 1 atom stereocenters. The molecule has 1 N–H and O–H groups in total. The zero-order chi connectivity index (χ0) is 15.4. The van der Waals surface area contributed by atoms with Crippen LogP contribution < -0.4 is 5.32 Å². The Balaban J connectivity index is 1.58. The van der Waals surface area contributed by atoms with Crippen molar-refractivity contribution >= 4 is 22.5 Å². The third kappa shape index (κ3) is 3.85. The number of thiazole rings is 1. The van der Waals surface area contributed by atoms with Crippen LogP contribution in [-0.4, -0.2) is 29.0 Å². The maximum absolute atomic E-state index is 12.3. The number of likely N-dealkylation sites (tertiary alicyclic amines) is 1. The van der Waals surface area contributed by atoms with E-state index in [2.05, 4.69) is 29.4 Å². The van der Waals surface area contributed by atoms with Gasteiger partial charge in [0.25, 0.3) is 0 Å². The number of nitrogens with zero attached hydrogens (tertiary/aromatic N) is 2. The number of aromatic nitrogens is 1. The van der Waals surface area contributed by atoms with Crippen molar-refractivity contribution in [1.82, 2.24) is 9.88 Å². The van der Waals surface area contributed by atoms with Gasteiger partial charge in [-0.2, -0.15) is 0 Å². The minimum absolute atomic E-state index is 0.0211. The molecule has 1 saturated heterocycles. The van der Waals surface area contributed by atoms with Gasteiger partial charge in [0.2, 0.25) is 0 Å². The fourth-order valence-electron chi connectivity index (χ4n) is 2.79. The number of nitrogens with one attached hydrogen (secondary N) is 1. The quantitative estimate of drug-likeness (QED) is 0.930. The van der Waals surface area contributed by atoms with E-state index in [-0.39, 0.29) is 6.03 Å². The first-order valence-corrected chi connectivity index (χ1v) is 8.57. The Hall–Kier alpha value is -1.88. The minimum Gasteiger partial charge on any atom is -0.324 e. The largest absolute Gasteiger partial charge is 0.324 e. The van der Waals surface area contributed by atoms with Crippen LogP contribution in [0.2, 0.25) is 0 Å². The molecule has 1 aliphatic heterocycles. The molecular formula is C17H21N3OS. The zero-order valence-electron chi connectivity index (χ0n) is 12.8. The second kappa shape index (κ2) is 6.92. The number of anilines is 1. The van der Waals surface area contributed by atoms with Crippen LogP contribution >= 0.6 is 11.3 Å². The number of piperidine rings is 1. The molecule has 0 saturated carbocycles. The van der Waals surface area contributed by atoms with Crippen molar-refractivity contribution in [3.8, 4) is 0 Å². The highest BCUT2D eigenvalue weighted by Crippen LogP contribution is 2.22. The van der Waals surface area contributed by atoms with Gasteiger partial charge in [-0.15, -0.1) is 11.3 Å². The Bertz CT molecular complexity index is 626. The monoisotopic (exact) mass is 315 g/mol. The van der Waals surface area contributed by atoms with Gasteiger partial charge in [0, 0.05) is 30.6 Å². The maximum atomic E-state index is 12.3. The van der Waals surface area contributed by atoms with E-state index < -0.39 is 0 Å². The van der Waals surface area contributed by atoms with Crippen molar-refractivity contribution in [2.45, 2.75) is 26.2 Å². The summed E-state index contributed by atoms with van der Waals surface area (Å²) in [5.41, 5.74) is 1.26. The summed E-state index contributed by atoms with van der Waals surface area (Å²) in [5, 5.41) is 3.62. The van der Waals surface area contributed by atoms with Gasteiger partial charge in [-0.3, -0.25) is 5.32 Å². The van der Waals surface area contributed by atoms with Gasteiger partial charge in [-0.1, -0.05) is 37.3 Å². The molecule has 0 bridgehead atoms. The summed E-state index contributed by atoms with van der Waals surface area (Å²) in [5.74, 6) is 0.587. The predicted molar refractivity (Wildman–Crippen MR) is 90.4 cm³/mol. The number of carbonyl (C=O) groups is 1. The number of carbonyl (C=O) groups excluding carboxylic acids is 1. The molecule has 0 aliphatic carbocycles. The smallest absolute Gasteiger partial charge is 0.323 e. The number of rotatable bonds is 3. The van der Waals surface area contributed by atoms with Crippen LogP contribution in [-0.2, 0) is 6.42 Å². The predicted octanol–water partition coefficient (Wildman–Crippen LogP) is 4.00. The van der Waals surface area contributed by atoms with E-state index in [9.17, 15) is 4.79 Å². The van der Waals surface area contributed by atoms with Crippen molar-refractivity contribution in [2.75, 3.05) is 18.4 Å². The summed E-state index contributed by atoms with van der Waals surface area (Å²) < 4.78 is 0. The van der Waals surface area contributed by atoms with Crippen LogP contribution in [0.3, 0.4) is 0 Å². The lowest BCUT2D eigenvalue weighted by Crippen LogP contribution is -2.41. The molecule has 0 radical (unpaired) electrons. The lowest BCUT2D eigenvalue weighted by atomic mass is 10.0. The molecule has 1 aromatic heterocycles. The average molecular weight is 315 g/mol. The molecule has 0 unspecified atom stereocenters. The SMILES string of the molecule is C[C@@H]1CCCN(C(=O)Nc2ncc(Cc3ccccc3)s2)C1. The van der Waals surface area contributed by atoms with Crippen LogP contribution in [0.4, 0.5) is 9.93 Å². The van der Waals surface area contributed by atoms with Crippen LogP contribution in [0.1, 0.15) is 30.2 Å². The number of benzene rings is 1. The van der Waals surface area contributed by atoms with Crippen molar-refractivity contribution in [2.24, 2.45) is 5.92 Å². The number of hydrogen-bond donors (Lipinski definition) is 1. The molecule has 116 valence electrons. The lowest BCUT2D eigenvalue weighted by Gasteiger charge is -2.30. The van der Waals surface area contributed by atoms with E-state index >= 15 is 0 Å². The Labute approximate surface area is 135 Å². The topological polar surface area (TPSA) is 45.2 Å². The fraction of sp³-hybridized carbons (Fsp3) is 0.412. The first-order chi connectivity index (χ1) is 10.7. The van der Waals surface area contributed by atoms with Crippen LogP contribution in [0, 0.1) is 5.92 Å². The molecule has 2 aromatic rings. The van der Waals surface area contributed by atoms with Gasteiger partial charge < -0.3 is 4.90 Å². The van der Waals surface area contributed by atoms with Crippen LogP contribution in [0.15, 0.2) is 36.5 Å². The lowest BCUT2D eigenvalue weighted by molar-refractivity contribution is 0.182. The molecular weight excluding hydrogens is 294 g/mol.